The van der Waals surface area contributed by atoms with Gasteiger partial charge in [-0.15, -0.1) is 0 Å². The van der Waals surface area contributed by atoms with Gasteiger partial charge in [-0.1, -0.05) is 168 Å². The molecule has 268 valence electrons. The molecule has 1 heterocycles. The molecule has 1 rings (SSSR count). The summed E-state index contributed by atoms with van der Waals surface area (Å²) in [4.78, 5) is 36.5. The average molecular weight is 653 g/mol. The molecule has 2 atom stereocenters. The number of esters is 3. The van der Waals surface area contributed by atoms with E-state index in [1.807, 2.05) is 0 Å². The molecule has 0 aliphatic carbocycles. The molecule has 46 heavy (non-hydrogen) atoms. The SMILES string of the molecule is CCCCCCCCCCCCCCCC(=O)OCC(O)[C@H]1OC(=O)C(OC(=O)CCCCCCCCCCCCCCC)=C1O. The van der Waals surface area contributed by atoms with E-state index >= 15 is 0 Å². The first-order valence-corrected chi connectivity index (χ1v) is 19.1. The van der Waals surface area contributed by atoms with Crippen molar-refractivity contribution in [2.24, 2.45) is 0 Å². The van der Waals surface area contributed by atoms with Gasteiger partial charge in [-0.25, -0.2) is 4.79 Å². The highest BCUT2D eigenvalue weighted by Crippen LogP contribution is 2.25. The lowest BCUT2D eigenvalue weighted by Crippen LogP contribution is -2.33. The third kappa shape index (κ3) is 21.7. The molecule has 0 aromatic carbocycles. The van der Waals surface area contributed by atoms with Gasteiger partial charge in [-0.2, -0.15) is 0 Å². The zero-order valence-corrected chi connectivity index (χ0v) is 29.5. The summed E-state index contributed by atoms with van der Waals surface area (Å²) in [5.74, 6) is -3.33. The van der Waals surface area contributed by atoms with Crippen molar-refractivity contribution in [1.82, 2.24) is 0 Å². The fourth-order valence-corrected chi connectivity index (χ4v) is 5.89. The predicted octanol–water partition coefficient (Wildman–Crippen LogP) is 10.1. The number of aliphatic hydroxyl groups excluding tert-OH is 2. The molecule has 1 unspecified atom stereocenters. The average Bonchev–Trinajstić information content (AvgIpc) is 3.32. The van der Waals surface area contributed by atoms with Gasteiger partial charge >= 0.3 is 17.9 Å². The molecule has 2 N–H and O–H groups in total. The van der Waals surface area contributed by atoms with Gasteiger partial charge in [0.15, 0.2) is 11.9 Å². The van der Waals surface area contributed by atoms with E-state index in [2.05, 4.69) is 13.8 Å². The quantitative estimate of drug-likeness (QED) is 0.0419. The van der Waals surface area contributed by atoms with Crippen LogP contribution in [0.4, 0.5) is 0 Å². The van der Waals surface area contributed by atoms with Gasteiger partial charge < -0.3 is 24.4 Å². The first-order valence-electron chi connectivity index (χ1n) is 19.1. The molecule has 0 spiro atoms. The molecule has 1 aliphatic rings. The number of hydrogen-bond donors (Lipinski definition) is 2. The van der Waals surface area contributed by atoms with E-state index in [0.717, 1.165) is 38.5 Å². The molecule has 0 radical (unpaired) electrons. The minimum atomic E-state index is -1.46. The molecule has 8 nitrogen and oxygen atoms in total. The monoisotopic (exact) mass is 652 g/mol. The lowest BCUT2D eigenvalue weighted by molar-refractivity contribution is -0.157. The van der Waals surface area contributed by atoms with Crippen LogP contribution in [0.5, 0.6) is 0 Å². The summed E-state index contributed by atoms with van der Waals surface area (Å²) in [5, 5.41) is 20.7. The maximum absolute atomic E-state index is 12.2. The number of unbranched alkanes of at least 4 members (excludes halogenated alkanes) is 24. The molecule has 0 amide bonds. The first-order chi connectivity index (χ1) is 22.4. The summed E-state index contributed by atoms with van der Waals surface area (Å²) in [7, 11) is 0. The van der Waals surface area contributed by atoms with E-state index in [1.165, 1.54) is 122 Å². The fourth-order valence-electron chi connectivity index (χ4n) is 5.89. The number of hydrogen-bond acceptors (Lipinski definition) is 8. The first kappa shape index (κ1) is 41.9. The maximum Gasteiger partial charge on any atom is 0.378 e. The zero-order valence-electron chi connectivity index (χ0n) is 29.5. The smallest absolute Gasteiger partial charge is 0.378 e. The van der Waals surface area contributed by atoms with Gasteiger partial charge in [-0.05, 0) is 12.8 Å². The van der Waals surface area contributed by atoms with Gasteiger partial charge in [0.1, 0.15) is 12.7 Å². The summed E-state index contributed by atoms with van der Waals surface area (Å²) in [6.07, 6.45) is 28.8. The number of rotatable bonds is 32. The van der Waals surface area contributed by atoms with Gasteiger partial charge in [-0.3, -0.25) is 9.59 Å². The molecule has 1 aliphatic heterocycles. The van der Waals surface area contributed by atoms with Crippen LogP contribution in [-0.4, -0.2) is 46.9 Å². The van der Waals surface area contributed by atoms with Crippen molar-refractivity contribution >= 4 is 17.9 Å². The van der Waals surface area contributed by atoms with Crippen molar-refractivity contribution in [1.29, 1.82) is 0 Å². The second-order valence-electron chi connectivity index (χ2n) is 13.2. The Hall–Kier alpha value is -2.09. The van der Waals surface area contributed by atoms with E-state index < -0.39 is 48.2 Å². The Morgan fingerprint density at radius 1 is 0.609 bits per heavy atom. The van der Waals surface area contributed by atoms with Gasteiger partial charge in [0.2, 0.25) is 0 Å². The van der Waals surface area contributed by atoms with Gasteiger partial charge in [0, 0.05) is 12.8 Å². The van der Waals surface area contributed by atoms with Crippen LogP contribution < -0.4 is 0 Å². The van der Waals surface area contributed by atoms with Crippen LogP contribution in [0.1, 0.15) is 194 Å². The van der Waals surface area contributed by atoms with Crippen LogP contribution in [-0.2, 0) is 28.6 Å². The van der Waals surface area contributed by atoms with Crippen LogP contribution in [0.15, 0.2) is 11.5 Å². The van der Waals surface area contributed by atoms with Crippen LogP contribution >= 0.6 is 0 Å². The number of carbonyl (C=O) groups excluding carboxylic acids is 3. The zero-order chi connectivity index (χ0) is 33.7. The number of cyclic esters (lactones) is 1. The summed E-state index contributed by atoms with van der Waals surface area (Å²) in [6.45, 7) is 4.05. The minimum Gasteiger partial charge on any atom is -0.505 e. The summed E-state index contributed by atoms with van der Waals surface area (Å²) >= 11 is 0. The predicted molar refractivity (Wildman–Crippen MR) is 183 cm³/mol. The highest BCUT2D eigenvalue weighted by atomic mass is 16.6. The van der Waals surface area contributed by atoms with Crippen molar-refractivity contribution in [3.05, 3.63) is 11.5 Å². The lowest BCUT2D eigenvalue weighted by atomic mass is 10.0. The second kappa shape index (κ2) is 29.1. The Morgan fingerprint density at radius 2 is 0.957 bits per heavy atom. The third-order valence-electron chi connectivity index (χ3n) is 8.87. The highest BCUT2D eigenvalue weighted by molar-refractivity contribution is 5.92. The van der Waals surface area contributed by atoms with Crippen molar-refractivity contribution in [2.75, 3.05) is 6.61 Å². The number of aliphatic hydroxyl groups is 2. The molecule has 0 saturated heterocycles. The molecular weight excluding hydrogens is 584 g/mol. The molecule has 0 aromatic heterocycles. The Morgan fingerprint density at radius 3 is 1.35 bits per heavy atom. The Kier molecular flexibility index (Phi) is 26.5. The molecule has 8 heteroatoms. The standard InChI is InChI=1S/C38H68O8/c1-3-5-7-9-11-13-15-17-19-21-23-25-27-29-33(40)44-31-32(39)36-35(42)37(38(43)46-36)45-34(41)30-28-26-24-22-20-18-16-14-12-10-8-6-4-2/h32,36,39,42H,3-31H2,1-2H3/t32?,36-/m1/s1. The Balaban J connectivity index is 2.09. The van der Waals surface area contributed by atoms with E-state index in [-0.39, 0.29) is 12.8 Å². The van der Waals surface area contributed by atoms with Crippen molar-refractivity contribution in [2.45, 2.75) is 206 Å². The van der Waals surface area contributed by atoms with Crippen LogP contribution in [0, 0.1) is 0 Å². The fraction of sp³-hybridized carbons (Fsp3) is 0.868. The van der Waals surface area contributed by atoms with Crippen molar-refractivity contribution < 1.29 is 38.8 Å². The third-order valence-corrected chi connectivity index (χ3v) is 8.87. The maximum atomic E-state index is 12.2. The molecular formula is C38H68O8. The largest absolute Gasteiger partial charge is 0.505 e. The van der Waals surface area contributed by atoms with Crippen LogP contribution in [0.3, 0.4) is 0 Å². The topological polar surface area (TPSA) is 119 Å². The Labute approximate surface area is 280 Å². The van der Waals surface area contributed by atoms with E-state index in [1.54, 1.807) is 0 Å². The summed E-state index contributed by atoms with van der Waals surface area (Å²) in [5.41, 5.74) is 0. The number of carbonyl (C=O) groups is 3. The molecule has 0 fully saturated rings. The highest BCUT2D eigenvalue weighted by Gasteiger charge is 2.42. The normalized spacial score (nSPS) is 15.3. The van der Waals surface area contributed by atoms with Crippen molar-refractivity contribution in [3.63, 3.8) is 0 Å². The van der Waals surface area contributed by atoms with Crippen molar-refractivity contribution in [3.8, 4) is 0 Å². The van der Waals surface area contributed by atoms with E-state index in [9.17, 15) is 24.6 Å². The molecule has 0 bridgehead atoms. The molecule has 0 aromatic rings. The van der Waals surface area contributed by atoms with Crippen LogP contribution in [0.2, 0.25) is 0 Å². The molecule has 0 saturated carbocycles. The Bertz CT molecular complexity index is 824. The van der Waals surface area contributed by atoms with Gasteiger partial charge in [0.05, 0.1) is 0 Å². The summed E-state index contributed by atoms with van der Waals surface area (Å²) in [6, 6.07) is 0. The lowest BCUT2D eigenvalue weighted by Gasteiger charge is -2.17. The van der Waals surface area contributed by atoms with Gasteiger partial charge in [0.25, 0.3) is 5.76 Å². The second-order valence-corrected chi connectivity index (χ2v) is 13.2. The minimum absolute atomic E-state index is 0.131. The van der Waals surface area contributed by atoms with E-state index in [0.29, 0.717) is 6.42 Å². The number of ether oxygens (including phenoxy) is 3. The van der Waals surface area contributed by atoms with E-state index in [4.69, 9.17) is 14.2 Å². The summed E-state index contributed by atoms with van der Waals surface area (Å²) < 4.78 is 15.2. The van der Waals surface area contributed by atoms with Crippen LogP contribution in [0.25, 0.3) is 0 Å².